The summed E-state index contributed by atoms with van der Waals surface area (Å²) in [5.74, 6) is -0.538. The van der Waals surface area contributed by atoms with Crippen LogP contribution >= 0.6 is 0 Å². The summed E-state index contributed by atoms with van der Waals surface area (Å²) in [5, 5.41) is 9.53. The van der Waals surface area contributed by atoms with Crippen molar-refractivity contribution in [1.82, 2.24) is 4.90 Å². The van der Waals surface area contributed by atoms with Gasteiger partial charge in [-0.3, -0.25) is 9.59 Å². The predicted octanol–water partition coefficient (Wildman–Crippen LogP) is 2.00. The maximum Gasteiger partial charge on any atom is 0.309 e. The van der Waals surface area contributed by atoms with Gasteiger partial charge in [0.2, 0.25) is 5.91 Å². The lowest BCUT2D eigenvalue weighted by molar-refractivity contribution is -0.157. The smallest absolute Gasteiger partial charge is 0.309 e. The fraction of sp³-hybridized carbons (Fsp3) is 0.875. The lowest BCUT2D eigenvalue weighted by atomic mass is 9.74. The molecular weight excluding hydrogens is 268 g/mol. The number of hydrogen-bond donors (Lipinski definition) is 2. The van der Waals surface area contributed by atoms with E-state index in [1.165, 1.54) is 0 Å². The number of nitrogens with two attached hydrogens (primary N) is 1. The third-order valence-corrected chi connectivity index (χ3v) is 5.60. The van der Waals surface area contributed by atoms with Gasteiger partial charge in [0.15, 0.2) is 0 Å². The minimum Gasteiger partial charge on any atom is -0.481 e. The number of rotatable bonds is 5. The van der Waals surface area contributed by atoms with Crippen molar-refractivity contribution < 1.29 is 14.7 Å². The number of aliphatic carboxylic acids is 1. The Morgan fingerprint density at radius 1 is 1.10 bits per heavy atom. The number of hydrogen-bond acceptors (Lipinski definition) is 3. The molecule has 0 bridgehead atoms. The fourth-order valence-corrected chi connectivity index (χ4v) is 4.08. The van der Waals surface area contributed by atoms with E-state index in [2.05, 4.69) is 0 Å². The molecule has 21 heavy (non-hydrogen) atoms. The molecule has 2 rings (SSSR count). The van der Waals surface area contributed by atoms with Gasteiger partial charge in [-0.1, -0.05) is 26.2 Å². The Morgan fingerprint density at radius 3 is 2.10 bits per heavy atom. The van der Waals surface area contributed by atoms with Crippen LogP contribution in [0.15, 0.2) is 0 Å². The third-order valence-electron chi connectivity index (χ3n) is 5.60. The summed E-state index contributed by atoms with van der Waals surface area (Å²) >= 11 is 0. The number of carbonyl (C=O) groups excluding carboxylic acids is 1. The van der Waals surface area contributed by atoms with Crippen LogP contribution in [-0.2, 0) is 9.59 Å². The average Bonchev–Trinajstić information content (AvgIpc) is 2.97. The molecule has 1 saturated carbocycles. The molecule has 1 aliphatic carbocycles. The van der Waals surface area contributed by atoms with E-state index >= 15 is 0 Å². The topological polar surface area (TPSA) is 83.6 Å². The second-order valence-electron chi connectivity index (χ2n) is 6.82. The Kier molecular flexibility index (Phi) is 4.91. The van der Waals surface area contributed by atoms with Gasteiger partial charge >= 0.3 is 5.97 Å². The van der Waals surface area contributed by atoms with Crippen molar-refractivity contribution >= 4 is 11.9 Å². The van der Waals surface area contributed by atoms with Crippen LogP contribution in [0.3, 0.4) is 0 Å². The quantitative estimate of drug-likeness (QED) is 0.812. The molecule has 120 valence electrons. The molecule has 5 heteroatoms. The highest BCUT2D eigenvalue weighted by Gasteiger charge is 2.46. The van der Waals surface area contributed by atoms with E-state index in [0.29, 0.717) is 38.9 Å². The Labute approximate surface area is 126 Å². The maximum atomic E-state index is 12.8. The zero-order valence-corrected chi connectivity index (χ0v) is 13.1. The van der Waals surface area contributed by atoms with Gasteiger partial charge in [-0.25, -0.2) is 0 Å². The first-order valence-electron chi connectivity index (χ1n) is 8.22. The molecule has 1 heterocycles. The first-order valence-corrected chi connectivity index (χ1v) is 8.22. The molecular formula is C16H28N2O3. The van der Waals surface area contributed by atoms with Crippen molar-refractivity contribution in [2.75, 3.05) is 19.6 Å². The molecule has 3 N–H and O–H groups in total. The second kappa shape index (κ2) is 6.34. The van der Waals surface area contributed by atoms with Gasteiger partial charge in [0, 0.05) is 19.6 Å². The summed E-state index contributed by atoms with van der Waals surface area (Å²) in [5.41, 5.74) is 4.89. The van der Waals surface area contributed by atoms with Crippen LogP contribution in [0, 0.1) is 10.8 Å². The van der Waals surface area contributed by atoms with Crippen LogP contribution in [0.1, 0.15) is 58.3 Å². The summed E-state index contributed by atoms with van der Waals surface area (Å²) in [6.45, 7) is 3.56. The van der Waals surface area contributed by atoms with Gasteiger partial charge < -0.3 is 15.7 Å². The lowest BCUT2D eigenvalue weighted by Crippen LogP contribution is -2.52. The number of carboxylic acids is 1. The van der Waals surface area contributed by atoms with Crippen LogP contribution in [0.25, 0.3) is 0 Å². The Morgan fingerprint density at radius 2 is 1.67 bits per heavy atom. The number of nitrogens with zero attached hydrogens (tertiary/aromatic N) is 1. The second-order valence-corrected chi connectivity index (χ2v) is 6.82. The van der Waals surface area contributed by atoms with Crippen molar-refractivity contribution in [3.8, 4) is 0 Å². The fourth-order valence-electron chi connectivity index (χ4n) is 4.08. The van der Waals surface area contributed by atoms with Gasteiger partial charge in [0.1, 0.15) is 0 Å². The zero-order chi connectivity index (χ0) is 15.5. The first kappa shape index (κ1) is 16.3. The Hall–Kier alpha value is -1.10. The molecule has 0 aromatic heterocycles. The van der Waals surface area contributed by atoms with Crippen LogP contribution < -0.4 is 5.73 Å². The summed E-state index contributed by atoms with van der Waals surface area (Å²) in [7, 11) is 0. The number of piperidine rings is 1. The van der Waals surface area contributed by atoms with Crippen molar-refractivity contribution in [1.29, 1.82) is 0 Å². The SMILES string of the molecule is CCCC1(C(=O)O)CCN(C(=O)C2(CN)CCCC2)CC1. The lowest BCUT2D eigenvalue weighted by Gasteiger charge is -2.42. The highest BCUT2D eigenvalue weighted by molar-refractivity contribution is 5.84. The molecule has 2 aliphatic rings. The van der Waals surface area contributed by atoms with Gasteiger partial charge in [-0.2, -0.15) is 0 Å². The summed E-state index contributed by atoms with van der Waals surface area (Å²) in [6, 6.07) is 0. The van der Waals surface area contributed by atoms with E-state index in [9.17, 15) is 14.7 Å². The number of carboxylic acid groups (broad SMARTS) is 1. The highest BCUT2D eigenvalue weighted by Crippen LogP contribution is 2.42. The molecule has 2 fully saturated rings. The Bertz CT molecular complexity index is 394. The molecule has 1 aliphatic heterocycles. The van der Waals surface area contributed by atoms with Gasteiger partial charge in [-0.05, 0) is 32.1 Å². The molecule has 0 spiro atoms. The predicted molar refractivity (Wildman–Crippen MR) is 80.7 cm³/mol. The normalized spacial score (nSPS) is 24.0. The van der Waals surface area contributed by atoms with Crippen molar-refractivity contribution in [3.05, 3.63) is 0 Å². The summed E-state index contributed by atoms with van der Waals surface area (Å²) in [6.07, 6.45) is 6.64. The van der Waals surface area contributed by atoms with E-state index in [4.69, 9.17) is 5.73 Å². The molecule has 1 amide bonds. The molecule has 0 radical (unpaired) electrons. The number of amides is 1. The minimum absolute atomic E-state index is 0.165. The molecule has 1 saturated heterocycles. The third kappa shape index (κ3) is 2.93. The maximum absolute atomic E-state index is 12.8. The van der Waals surface area contributed by atoms with Gasteiger partial charge in [-0.15, -0.1) is 0 Å². The van der Waals surface area contributed by atoms with E-state index in [1.54, 1.807) is 0 Å². The summed E-state index contributed by atoms with van der Waals surface area (Å²) < 4.78 is 0. The Balaban J connectivity index is 2.03. The average molecular weight is 296 g/mol. The number of carbonyl (C=O) groups is 2. The van der Waals surface area contributed by atoms with Crippen molar-refractivity contribution in [2.24, 2.45) is 16.6 Å². The monoisotopic (exact) mass is 296 g/mol. The molecule has 0 aromatic rings. The van der Waals surface area contributed by atoms with Crippen molar-refractivity contribution in [3.63, 3.8) is 0 Å². The highest BCUT2D eigenvalue weighted by atomic mass is 16.4. The van der Waals surface area contributed by atoms with Crippen LogP contribution in [0.5, 0.6) is 0 Å². The van der Waals surface area contributed by atoms with Gasteiger partial charge in [0.05, 0.1) is 10.8 Å². The molecule has 5 nitrogen and oxygen atoms in total. The van der Waals surface area contributed by atoms with Gasteiger partial charge in [0.25, 0.3) is 0 Å². The van der Waals surface area contributed by atoms with E-state index in [0.717, 1.165) is 32.1 Å². The number of likely N-dealkylation sites (tertiary alicyclic amines) is 1. The van der Waals surface area contributed by atoms with Crippen LogP contribution in [0.2, 0.25) is 0 Å². The van der Waals surface area contributed by atoms with E-state index < -0.39 is 11.4 Å². The minimum atomic E-state index is -0.703. The molecule has 0 unspecified atom stereocenters. The zero-order valence-electron chi connectivity index (χ0n) is 13.1. The van der Waals surface area contributed by atoms with Crippen LogP contribution in [-0.4, -0.2) is 41.5 Å². The van der Waals surface area contributed by atoms with E-state index in [1.807, 2.05) is 11.8 Å². The van der Waals surface area contributed by atoms with Crippen LogP contribution in [0.4, 0.5) is 0 Å². The molecule has 0 aromatic carbocycles. The molecule has 0 atom stereocenters. The first-order chi connectivity index (χ1) is 9.99. The summed E-state index contributed by atoms with van der Waals surface area (Å²) in [4.78, 5) is 26.3. The van der Waals surface area contributed by atoms with Crippen molar-refractivity contribution in [2.45, 2.75) is 58.3 Å². The largest absolute Gasteiger partial charge is 0.481 e. The van der Waals surface area contributed by atoms with E-state index in [-0.39, 0.29) is 11.3 Å². The standard InChI is InChI=1S/C16H28N2O3/c1-2-5-15(14(20)21)8-10-18(11-9-15)13(19)16(12-17)6-3-4-7-16/h2-12,17H2,1H3,(H,20,21).